The maximum Gasteiger partial charge on any atom is 0.124 e. The highest BCUT2D eigenvalue weighted by Gasteiger charge is 1.87. The number of hydrogen-bond acceptors (Lipinski definition) is 3. The highest BCUT2D eigenvalue weighted by molar-refractivity contribution is 5.36. The molecule has 0 aliphatic heterocycles. The van der Waals surface area contributed by atoms with E-state index in [9.17, 15) is 0 Å². The maximum absolute atomic E-state index is 5.47. The molecular formula is C9H11N3. The molecule has 62 valence electrons. The molecule has 0 radical (unpaired) electrons. The summed E-state index contributed by atoms with van der Waals surface area (Å²) < 4.78 is 0. The van der Waals surface area contributed by atoms with Gasteiger partial charge < -0.3 is 11.1 Å². The second-order valence-corrected chi connectivity index (χ2v) is 2.28. The van der Waals surface area contributed by atoms with Crippen molar-refractivity contribution in [3.63, 3.8) is 0 Å². The van der Waals surface area contributed by atoms with Crippen LogP contribution in [0.5, 0.6) is 0 Å². The predicted octanol–water partition coefficient (Wildman–Crippen LogP) is 0.235. The van der Waals surface area contributed by atoms with Gasteiger partial charge in [-0.1, -0.05) is 12.0 Å². The minimum absolute atomic E-state index is 0.506. The molecule has 0 aromatic carbocycles. The van der Waals surface area contributed by atoms with Crippen LogP contribution in [0.3, 0.4) is 0 Å². The summed E-state index contributed by atoms with van der Waals surface area (Å²) in [6, 6.07) is 5.41. The van der Waals surface area contributed by atoms with E-state index in [2.05, 4.69) is 22.1 Å². The third kappa shape index (κ3) is 2.60. The quantitative estimate of drug-likeness (QED) is 0.580. The summed E-state index contributed by atoms with van der Waals surface area (Å²) in [6.45, 7) is 0.663. The van der Waals surface area contributed by atoms with Crippen LogP contribution in [0.25, 0.3) is 0 Å². The highest BCUT2D eigenvalue weighted by Crippen LogP contribution is 1.97. The van der Waals surface area contributed by atoms with E-state index in [0.717, 1.165) is 0 Å². The second kappa shape index (κ2) is 4.37. The van der Waals surface area contributed by atoms with Gasteiger partial charge in [0.15, 0.2) is 0 Å². The first-order valence-corrected chi connectivity index (χ1v) is 3.69. The largest absolute Gasteiger partial charge is 0.384 e. The van der Waals surface area contributed by atoms with Crippen LogP contribution in [0.15, 0.2) is 18.2 Å². The smallest absolute Gasteiger partial charge is 0.124 e. The lowest BCUT2D eigenvalue weighted by molar-refractivity contribution is 0.938. The van der Waals surface area contributed by atoms with E-state index < -0.39 is 0 Å². The van der Waals surface area contributed by atoms with Gasteiger partial charge in [0, 0.05) is 0 Å². The van der Waals surface area contributed by atoms with Crippen molar-refractivity contribution in [2.45, 2.75) is 0 Å². The number of aromatic nitrogens is 1. The normalized spacial score (nSPS) is 8.75. The third-order valence-corrected chi connectivity index (χ3v) is 1.25. The molecule has 1 aromatic heterocycles. The maximum atomic E-state index is 5.47. The van der Waals surface area contributed by atoms with Crippen molar-refractivity contribution in [3.05, 3.63) is 23.9 Å². The molecule has 0 amide bonds. The van der Waals surface area contributed by atoms with Crippen LogP contribution in [0.1, 0.15) is 5.69 Å². The summed E-state index contributed by atoms with van der Waals surface area (Å²) >= 11 is 0. The van der Waals surface area contributed by atoms with E-state index in [0.29, 0.717) is 18.1 Å². The van der Waals surface area contributed by atoms with Crippen LogP contribution in [0, 0.1) is 11.8 Å². The number of nitrogen functional groups attached to an aromatic ring is 1. The van der Waals surface area contributed by atoms with E-state index in [1.54, 1.807) is 6.07 Å². The second-order valence-electron chi connectivity index (χ2n) is 2.28. The van der Waals surface area contributed by atoms with Gasteiger partial charge in [-0.3, -0.25) is 0 Å². The van der Waals surface area contributed by atoms with Crippen molar-refractivity contribution >= 4 is 5.82 Å². The molecule has 3 nitrogen and oxygen atoms in total. The van der Waals surface area contributed by atoms with Gasteiger partial charge in [0.25, 0.3) is 0 Å². The van der Waals surface area contributed by atoms with Gasteiger partial charge in [-0.15, -0.1) is 0 Å². The number of pyridine rings is 1. The van der Waals surface area contributed by atoms with Crippen molar-refractivity contribution < 1.29 is 0 Å². The Balaban J connectivity index is 2.71. The minimum Gasteiger partial charge on any atom is -0.384 e. The zero-order valence-electron chi connectivity index (χ0n) is 6.96. The molecule has 0 bridgehead atoms. The number of rotatable bonds is 1. The van der Waals surface area contributed by atoms with Crippen LogP contribution < -0.4 is 11.1 Å². The average molecular weight is 161 g/mol. The van der Waals surface area contributed by atoms with E-state index in [4.69, 9.17) is 5.73 Å². The molecule has 12 heavy (non-hydrogen) atoms. The first-order valence-electron chi connectivity index (χ1n) is 3.69. The molecule has 0 spiro atoms. The third-order valence-electron chi connectivity index (χ3n) is 1.25. The van der Waals surface area contributed by atoms with Gasteiger partial charge >= 0.3 is 0 Å². The Morgan fingerprint density at radius 3 is 3.08 bits per heavy atom. The molecule has 3 heteroatoms. The summed E-state index contributed by atoms with van der Waals surface area (Å²) in [7, 11) is 1.85. The standard InChI is InChI=1S/C9H11N3/c1-11-7-3-5-8-4-2-6-9(10)12-8/h2,4,6,11H,7H2,1H3,(H2,10,12). The zero-order chi connectivity index (χ0) is 8.81. The summed E-state index contributed by atoms with van der Waals surface area (Å²) in [5.41, 5.74) is 6.18. The van der Waals surface area contributed by atoms with Crippen LogP contribution in [-0.4, -0.2) is 18.6 Å². The molecule has 0 unspecified atom stereocenters. The van der Waals surface area contributed by atoms with E-state index in [-0.39, 0.29) is 0 Å². The Morgan fingerprint density at radius 1 is 1.58 bits per heavy atom. The molecule has 0 saturated heterocycles. The Kier molecular flexibility index (Phi) is 3.12. The van der Waals surface area contributed by atoms with Crippen molar-refractivity contribution in [3.8, 4) is 11.8 Å². The van der Waals surface area contributed by atoms with E-state index >= 15 is 0 Å². The molecule has 0 aliphatic rings. The topological polar surface area (TPSA) is 50.9 Å². The number of anilines is 1. The van der Waals surface area contributed by atoms with Gasteiger partial charge in [0.05, 0.1) is 6.54 Å². The van der Waals surface area contributed by atoms with Crippen LogP contribution in [-0.2, 0) is 0 Å². The summed E-state index contributed by atoms with van der Waals surface area (Å²) in [5, 5.41) is 2.92. The monoisotopic (exact) mass is 161 g/mol. The van der Waals surface area contributed by atoms with Gasteiger partial charge in [0.2, 0.25) is 0 Å². The molecule has 0 fully saturated rings. The van der Waals surface area contributed by atoms with Crippen molar-refractivity contribution in [2.75, 3.05) is 19.3 Å². The van der Waals surface area contributed by atoms with Crippen molar-refractivity contribution in [1.29, 1.82) is 0 Å². The highest BCUT2D eigenvalue weighted by atomic mass is 14.8. The Bertz CT molecular complexity index is 309. The fourth-order valence-corrected chi connectivity index (χ4v) is 0.744. The van der Waals surface area contributed by atoms with Crippen molar-refractivity contribution in [2.24, 2.45) is 0 Å². The van der Waals surface area contributed by atoms with Crippen LogP contribution >= 0.6 is 0 Å². The lowest BCUT2D eigenvalue weighted by atomic mass is 10.3. The van der Waals surface area contributed by atoms with E-state index in [1.165, 1.54) is 0 Å². The molecule has 0 aliphatic carbocycles. The molecular weight excluding hydrogens is 150 g/mol. The molecule has 1 rings (SSSR count). The number of nitrogens with two attached hydrogens (primary N) is 1. The predicted molar refractivity (Wildman–Crippen MR) is 49.5 cm³/mol. The lowest BCUT2D eigenvalue weighted by Crippen LogP contribution is -2.04. The molecule has 0 atom stereocenters. The number of nitrogens with one attached hydrogen (secondary N) is 1. The Morgan fingerprint density at radius 2 is 2.42 bits per heavy atom. The summed E-state index contributed by atoms with van der Waals surface area (Å²) in [6.07, 6.45) is 0. The first kappa shape index (κ1) is 8.57. The fraction of sp³-hybridized carbons (Fsp3) is 0.222. The summed E-state index contributed by atoms with van der Waals surface area (Å²) in [5.74, 6) is 6.29. The Labute approximate surface area is 72.0 Å². The molecule has 1 heterocycles. The van der Waals surface area contributed by atoms with Crippen LogP contribution in [0.4, 0.5) is 5.82 Å². The molecule has 3 N–H and O–H groups in total. The van der Waals surface area contributed by atoms with Gasteiger partial charge in [-0.25, -0.2) is 4.98 Å². The first-order chi connectivity index (χ1) is 5.83. The van der Waals surface area contributed by atoms with Gasteiger partial charge in [-0.05, 0) is 25.1 Å². The summed E-state index contributed by atoms with van der Waals surface area (Å²) in [4.78, 5) is 4.02. The van der Waals surface area contributed by atoms with E-state index in [1.807, 2.05) is 19.2 Å². The minimum atomic E-state index is 0.506. The Hall–Kier alpha value is -1.53. The van der Waals surface area contributed by atoms with Crippen molar-refractivity contribution in [1.82, 2.24) is 10.3 Å². The average Bonchev–Trinajstić information content (AvgIpc) is 2.05. The van der Waals surface area contributed by atoms with Gasteiger partial charge in [0.1, 0.15) is 11.5 Å². The SMILES string of the molecule is CNCC#Cc1cccc(N)n1. The zero-order valence-corrected chi connectivity index (χ0v) is 6.96. The lowest BCUT2D eigenvalue weighted by Gasteiger charge is -1.91. The van der Waals surface area contributed by atoms with Gasteiger partial charge in [-0.2, -0.15) is 0 Å². The van der Waals surface area contributed by atoms with Crippen LogP contribution in [0.2, 0.25) is 0 Å². The number of hydrogen-bond donors (Lipinski definition) is 2. The fourth-order valence-electron chi connectivity index (χ4n) is 0.744. The number of nitrogens with zero attached hydrogens (tertiary/aromatic N) is 1. The molecule has 1 aromatic rings. The molecule has 0 saturated carbocycles.